The Morgan fingerprint density at radius 1 is 1.27 bits per heavy atom. The van der Waals surface area contributed by atoms with Gasteiger partial charge in [0.05, 0.1) is 6.61 Å². The van der Waals surface area contributed by atoms with Crippen molar-refractivity contribution in [3.8, 4) is 0 Å². The molecule has 2 aromatic rings. The van der Waals surface area contributed by atoms with Gasteiger partial charge in [-0.15, -0.1) is 5.10 Å². The molecule has 1 saturated heterocycles. The summed E-state index contributed by atoms with van der Waals surface area (Å²) >= 11 is 0. The Bertz CT molecular complexity index is 742. The first-order valence-electron chi connectivity index (χ1n) is 6.56. The first-order valence-corrected chi connectivity index (χ1v) is 6.56. The van der Waals surface area contributed by atoms with Gasteiger partial charge in [0.1, 0.15) is 30.2 Å². The summed E-state index contributed by atoms with van der Waals surface area (Å²) in [5, 5.41) is 48.4. The van der Waals surface area contributed by atoms with Crippen LogP contribution in [-0.4, -0.2) is 76.4 Å². The van der Waals surface area contributed by atoms with Gasteiger partial charge in [-0.1, -0.05) is 5.21 Å². The smallest absolute Gasteiger partial charge is 0.295 e. The summed E-state index contributed by atoms with van der Waals surface area (Å²) in [6, 6.07) is 0. The molecule has 120 valence electrons. The highest BCUT2D eigenvalue weighted by molar-refractivity contribution is 5.69. The molecule has 11 nitrogen and oxygen atoms in total. The van der Waals surface area contributed by atoms with E-state index in [1.807, 2.05) is 0 Å². The van der Waals surface area contributed by atoms with Crippen molar-refractivity contribution in [2.24, 2.45) is 0 Å². The van der Waals surface area contributed by atoms with Gasteiger partial charge in [-0.2, -0.15) is 0 Å². The second-order valence-electron chi connectivity index (χ2n) is 5.06. The molecule has 3 rings (SSSR count). The normalized spacial score (nSPS) is 32.5. The largest absolute Gasteiger partial charge is 0.394 e. The van der Waals surface area contributed by atoms with Crippen LogP contribution >= 0.6 is 0 Å². The maximum absolute atomic E-state index is 11.7. The second-order valence-corrected chi connectivity index (χ2v) is 5.06. The lowest BCUT2D eigenvalue weighted by Gasteiger charge is -2.40. The van der Waals surface area contributed by atoms with Crippen LogP contribution in [0.5, 0.6) is 0 Å². The van der Waals surface area contributed by atoms with Crippen molar-refractivity contribution in [1.82, 2.24) is 25.0 Å². The molecule has 5 atom stereocenters. The minimum Gasteiger partial charge on any atom is -0.394 e. The molecule has 3 heterocycles. The maximum Gasteiger partial charge on any atom is 0.295 e. The minimum absolute atomic E-state index is 0.00413. The second kappa shape index (κ2) is 5.37. The topological polar surface area (TPSA) is 167 Å². The van der Waals surface area contributed by atoms with E-state index in [0.717, 1.165) is 0 Å². The van der Waals surface area contributed by atoms with Gasteiger partial charge in [0, 0.05) is 0 Å². The van der Waals surface area contributed by atoms with E-state index in [0.29, 0.717) is 5.82 Å². The van der Waals surface area contributed by atoms with Crippen molar-refractivity contribution in [3.63, 3.8) is 0 Å². The van der Waals surface area contributed by atoms with Crippen molar-refractivity contribution in [3.05, 3.63) is 16.2 Å². The number of aliphatic hydroxyl groups excluding tert-OH is 4. The molecule has 0 bridgehead atoms. The van der Waals surface area contributed by atoms with Crippen LogP contribution in [0.25, 0.3) is 11.2 Å². The molecule has 0 radical (unpaired) electrons. The number of aryl methyl sites for hydroxylation is 1. The number of aromatic amines is 1. The summed E-state index contributed by atoms with van der Waals surface area (Å²) in [5.74, 6) is 0.297. The van der Waals surface area contributed by atoms with E-state index in [1.54, 1.807) is 6.92 Å². The number of hydrogen-bond acceptors (Lipinski definition) is 9. The summed E-state index contributed by atoms with van der Waals surface area (Å²) < 4.78 is 6.73. The van der Waals surface area contributed by atoms with Crippen LogP contribution < -0.4 is 5.56 Å². The molecule has 5 N–H and O–H groups in total. The van der Waals surface area contributed by atoms with Crippen molar-refractivity contribution in [2.45, 2.75) is 37.6 Å². The molecule has 22 heavy (non-hydrogen) atoms. The molecular formula is C11H15N5O6. The van der Waals surface area contributed by atoms with Crippen molar-refractivity contribution in [1.29, 1.82) is 0 Å². The number of fused-ring (bicyclic) bond motifs is 1. The Morgan fingerprint density at radius 3 is 2.68 bits per heavy atom. The third-order valence-corrected chi connectivity index (χ3v) is 3.70. The SMILES string of the molecule is Cc1nc2c(=O)[nH]nnc2n1[C@@H]1O[C@H](CO)[C@@H](O)[C@H](O)[C@H]1O. The van der Waals surface area contributed by atoms with Crippen molar-refractivity contribution < 1.29 is 25.2 Å². The fraction of sp³-hybridized carbons (Fsp3) is 0.636. The van der Waals surface area contributed by atoms with Gasteiger partial charge in [0.25, 0.3) is 5.56 Å². The number of nitrogens with zero attached hydrogens (tertiary/aromatic N) is 4. The lowest BCUT2D eigenvalue weighted by molar-refractivity contribution is -0.250. The molecular weight excluding hydrogens is 298 g/mol. The van der Waals surface area contributed by atoms with Crippen molar-refractivity contribution in [2.75, 3.05) is 6.61 Å². The average Bonchev–Trinajstić information content (AvgIpc) is 2.83. The van der Waals surface area contributed by atoms with Gasteiger partial charge in [-0.3, -0.25) is 9.36 Å². The highest BCUT2D eigenvalue weighted by Gasteiger charge is 2.45. The highest BCUT2D eigenvalue weighted by Crippen LogP contribution is 2.30. The summed E-state index contributed by atoms with van der Waals surface area (Å²) in [7, 11) is 0. The van der Waals surface area contributed by atoms with E-state index in [1.165, 1.54) is 4.57 Å². The molecule has 1 aliphatic rings. The Kier molecular flexibility index (Phi) is 3.66. The predicted molar refractivity (Wildman–Crippen MR) is 69.7 cm³/mol. The van der Waals surface area contributed by atoms with Crippen molar-refractivity contribution >= 4 is 11.2 Å². The van der Waals surface area contributed by atoms with Crippen LogP contribution in [0, 0.1) is 6.92 Å². The molecule has 1 aliphatic heterocycles. The van der Waals surface area contributed by atoms with Gasteiger partial charge in [0.2, 0.25) is 0 Å². The van der Waals surface area contributed by atoms with Crippen LogP contribution in [0.3, 0.4) is 0 Å². The summed E-state index contributed by atoms with van der Waals surface area (Å²) in [4.78, 5) is 15.7. The number of rotatable bonds is 2. The van der Waals surface area contributed by atoms with E-state index in [4.69, 9.17) is 4.74 Å². The monoisotopic (exact) mass is 313 g/mol. The summed E-state index contributed by atoms with van der Waals surface area (Å²) in [5.41, 5.74) is -0.494. The highest BCUT2D eigenvalue weighted by atomic mass is 16.6. The first kappa shape index (κ1) is 15.0. The molecule has 0 aliphatic carbocycles. The lowest BCUT2D eigenvalue weighted by Crippen LogP contribution is -2.56. The standard InChI is InChI=1S/C11H15N5O6/c1-3-12-5-9(13-15-14-10(5)21)16(3)11-8(20)7(19)6(18)4(2-17)22-11/h4,6-8,11,17-20H,2H2,1H3,(H,13,14,21)/t4-,6-,7+,8-,11-/m1/s1. The number of imidazole rings is 1. The third-order valence-electron chi connectivity index (χ3n) is 3.70. The molecule has 11 heteroatoms. The lowest BCUT2D eigenvalue weighted by atomic mass is 9.98. The van der Waals surface area contributed by atoms with E-state index >= 15 is 0 Å². The molecule has 0 spiro atoms. The third kappa shape index (κ3) is 2.10. The molecule has 0 saturated carbocycles. The van der Waals surface area contributed by atoms with Crippen LogP contribution in [0.15, 0.2) is 4.79 Å². The first-order chi connectivity index (χ1) is 10.5. The van der Waals surface area contributed by atoms with Crippen LogP contribution in [0.1, 0.15) is 12.1 Å². The van der Waals surface area contributed by atoms with Gasteiger partial charge >= 0.3 is 0 Å². The number of hydrogen-bond donors (Lipinski definition) is 5. The van der Waals surface area contributed by atoms with E-state index in [2.05, 4.69) is 20.4 Å². The summed E-state index contributed by atoms with van der Waals surface area (Å²) in [6.07, 6.45) is -6.77. The van der Waals surface area contributed by atoms with Crippen LogP contribution in [0.2, 0.25) is 0 Å². The van der Waals surface area contributed by atoms with E-state index in [-0.39, 0.29) is 11.2 Å². The van der Waals surface area contributed by atoms with Gasteiger partial charge in [-0.25, -0.2) is 10.1 Å². The molecule has 1 fully saturated rings. The van der Waals surface area contributed by atoms with Crippen LogP contribution in [-0.2, 0) is 4.74 Å². The molecule has 0 aromatic carbocycles. The predicted octanol–water partition coefficient (Wildman–Crippen LogP) is -3.20. The number of ether oxygens (including phenoxy) is 1. The average molecular weight is 313 g/mol. The Morgan fingerprint density at radius 2 is 2.00 bits per heavy atom. The molecule has 0 unspecified atom stereocenters. The Hall–Kier alpha value is -1.92. The number of H-pyrrole nitrogens is 1. The van der Waals surface area contributed by atoms with Gasteiger partial charge < -0.3 is 25.2 Å². The number of nitrogens with one attached hydrogen (secondary N) is 1. The quantitative estimate of drug-likeness (QED) is 0.383. The number of aromatic nitrogens is 5. The molecule has 2 aromatic heterocycles. The van der Waals surface area contributed by atoms with E-state index in [9.17, 15) is 25.2 Å². The summed E-state index contributed by atoms with van der Waals surface area (Å²) in [6.45, 7) is 1.00. The van der Waals surface area contributed by atoms with Crippen LogP contribution in [0.4, 0.5) is 0 Å². The number of aliphatic hydroxyl groups is 4. The van der Waals surface area contributed by atoms with Gasteiger partial charge in [-0.05, 0) is 6.92 Å². The zero-order valence-electron chi connectivity index (χ0n) is 11.5. The fourth-order valence-corrected chi connectivity index (χ4v) is 2.55. The minimum atomic E-state index is -1.54. The van der Waals surface area contributed by atoms with Gasteiger partial charge in [0.15, 0.2) is 17.4 Å². The fourth-order valence-electron chi connectivity index (χ4n) is 2.55. The maximum atomic E-state index is 11.7. The zero-order chi connectivity index (χ0) is 16.0. The Balaban J connectivity index is 2.12. The molecule has 0 amide bonds. The van der Waals surface area contributed by atoms with E-state index < -0.39 is 42.8 Å². The Labute approximate surface area is 122 Å². The zero-order valence-corrected chi connectivity index (χ0v) is 11.5.